The molecule has 0 saturated heterocycles. The average Bonchev–Trinajstić information content (AvgIpc) is 3.03. The van der Waals surface area contributed by atoms with Gasteiger partial charge >= 0.3 is 15.2 Å². The molecule has 0 aliphatic heterocycles. The third-order valence-electron chi connectivity index (χ3n) is 8.71. The van der Waals surface area contributed by atoms with E-state index in [1.807, 2.05) is 0 Å². The van der Waals surface area contributed by atoms with Gasteiger partial charge in [-0.05, 0) is 52.8 Å². The van der Waals surface area contributed by atoms with Crippen molar-refractivity contribution in [1.82, 2.24) is 9.80 Å². The Balaban J connectivity index is 0.00000270. The van der Waals surface area contributed by atoms with Gasteiger partial charge in [0.15, 0.2) is 0 Å². The molecule has 0 heterocycles. The standard InChI is InChI=1S/C24H38N2O14P2.C6H15N.Fe/c1-13(41(35,36)37)25(7-15-3-17(9-27)24(34)6-23(15)33)19(11-29)20(12-30)26(14(2)42(38,39)40)8-16-4-22(32)18(10-28)5-21(16)31;1-4-7(5-2)6-3;/h3-6,13-14,19-20,27-34H,7-12H2,1-2H3,(H2,35,36,37)(H2,38,39,40);4-6H2,1-3H3;/p+1/t13-,14?,19?,20+;;/m0../s1. The summed E-state index contributed by atoms with van der Waals surface area (Å²) in [7, 11) is -10.0. The van der Waals surface area contributed by atoms with Crippen LogP contribution in [0.1, 0.15) is 56.9 Å². The van der Waals surface area contributed by atoms with E-state index in [2.05, 4.69) is 20.8 Å². The van der Waals surface area contributed by atoms with Gasteiger partial charge in [-0.25, -0.2) is 0 Å². The molecule has 17 nitrogen and oxygen atoms in total. The van der Waals surface area contributed by atoms with Crippen molar-refractivity contribution in [2.75, 3.05) is 32.8 Å². The molecule has 0 aliphatic rings. The largest absolute Gasteiger partial charge is 0.508 e. The van der Waals surface area contributed by atoms with Gasteiger partial charge in [0, 0.05) is 58.5 Å². The quantitative estimate of drug-likeness (QED) is 0.0514. The number of quaternary nitrogens is 1. The zero-order chi connectivity index (χ0) is 37.9. The summed E-state index contributed by atoms with van der Waals surface area (Å²) in [6.45, 7) is 8.40. The molecule has 0 aromatic heterocycles. The molecule has 2 aromatic carbocycles. The average molecular weight is 799 g/mol. The molecule has 290 valence electrons. The fourth-order valence-electron chi connectivity index (χ4n) is 5.32. The summed E-state index contributed by atoms with van der Waals surface area (Å²) in [5.41, 5.74) is -0.234. The number of benzene rings is 2. The van der Waals surface area contributed by atoms with Crippen LogP contribution in [0.5, 0.6) is 23.0 Å². The molecule has 2 rings (SSSR count). The minimum Gasteiger partial charge on any atom is -0.508 e. The van der Waals surface area contributed by atoms with Crippen molar-refractivity contribution in [3.63, 3.8) is 0 Å². The van der Waals surface area contributed by atoms with Crippen LogP contribution in [0.4, 0.5) is 0 Å². The Morgan fingerprint density at radius 3 is 1.20 bits per heavy atom. The van der Waals surface area contributed by atoms with Crippen LogP contribution in [0.25, 0.3) is 0 Å². The molecule has 2 unspecified atom stereocenters. The van der Waals surface area contributed by atoms with E-state index in [0.717, 1.165) is 47.9 Å². The number of hydrogen-bond donors (Lipinski definition) is 13. The van der Waals surface area contributed by atoms with Crippen LogP contribution in [-0.2, 0) is 52.5 Å². The van der Waals surface area contributed by atoms with Crippen molar-refractivity contribution < 1.29 is 91.5 Å². The molecule has 4 atom stereocenters. The van der Waals surface area contributed by atoms with Gasteiger partial charge in [-0.15, -0.1) is 0 Å². The van der Waals surface area contributed by atoms with Crippen LogP contribution < -0.4 is 4.90 Å². The SMILES string of the molecule is CC(N(Cc1cc(O)c(CO)cc1O)[C@H](CO)C(CO)N(Cc1cc(CO)c(O)cc1O)[C@H](C)P(=O)(O)O)P(=O)(O)O.CC[NH+](CC)CC.[Fe]. The van der Waals surface area contributed by atoms with Gasteiger partial charge in [0.2, 0.25) is 0 Å². The minimum atomic E-state index is -5.01. The van der Waals surface area contributed by atoms with E-state index in [9.17, 15) is 69.6 Å². The maximum Gasteiger partial charge on any atom is 0.342 e. The van der Waals surface area contributed by atoms with E-state index in [0.29, 0.717) is 0 Å². The van der Waals surface area contributed by atoms with Crippen LogP contribution >= 0.6 is 15.2 Å². The summed E-state index contributed by atoms with van der Waals surface area (Å²) in [5.74, 6) is -5.34. The van der Waals surface area contributed by atoms with Gasteiger partial charge < -0.3 is 65.3 Å². The Morgan fingerprint density at radius 1 is 0.580 bits per heavy atom. The van der Waals surface area contributed by atoms with Crippen molar-refractivity contribution >= 4 is 15.2 Å². The monoisotopic (exact) mass is 798 g/mol. The molecule has 0 aliphatic carbocycles. The molecule has 0 amide bonds. The van der Waals surface area contributed by atoms with E-state index in [1.54, 1.807) is 4.90 Å². The van der Waals surface area contributed by atoms with Gasteiger partial charge in [-0.2, -0.15) is 0 Å². The summed E-state index contributed by atoms with van der Waals surface area (Å²) in [5, 5.41) is 80.9. The molecule has 0 saturated carbocycles. The Labute approximate surface area is 302 Å². The third-order valence-corrected chi connectivity index (χ3v) is 11.3. The van der Waals surface area contributed by atoms with Crippen molar-refractivity contribution in [3.05, 3.63) is 46.5 Å². The summed E-state index contributed by atoms with van der Waals surface area (Å²) < 4.78 is 24.8. The van der Waals surface area contributed by atoms with E-state index < -0.39 is 101 Å². The second-order valence-corrected chi connectivity index (χ2v) is 15.5. The van der Waals surface area contributed by atoms with E-state index in [1.165, 1.54) is 19.6 Å². The molecule has 0 fully saturated rings. The normalized spacial score (nSPS) is 14.6. The zero-order valence-corrected chi connectivity index (χ0v) is 31.7. The van der Waals surface area contributed by atoms with Crippen molar-refractivity contribution in [2.45, 2.75) is 84.6 Å². The first-order valence-corrected chi connectivity index (χ1v) is 19.1. The first-order chi connectivity index (χ1) is 22.7. The Bertz CT molecular complexity index is 1420. The second-order valence-electron chi connectivity index (χ2n) is 11.6. The number of nitrogens with one attached hydrogen (secondary N) is 1. The number of phenols is 4. The van der Waals surface area contributed by atoms with E-state index >= 15 is 0 Å². The van der Waals surface area contributed by atoms with Gasteiger partial charge in [0.25, 0.3) is 0 Å². The summed E-state index contributed by atoms with van der Waals surface area (Å²) in [6.07, 6.45) is 0. The van der Waals surface area contributed by atoms with Gasteiger partial charge in [0.05, 0.1) is 58.1 Å². The van der Waals surface area contributed by atoms with Crippen molar-refractivity contribution in [1.29, 1.82) is 0 Å². The zero-order valence-electron chi connectivity index (χ0n) is 28.8. The predicted molar refractivity (Wildman–Crippen MR) is 180 cm³/mol. The number of aromatic hydroxyl groups is 4. The molecule has 2 aromatic rings. The molecule has 13 N–H and O–H groups in total. The minimum absolute atomic E-state index is 0. The number of nitrogens with zero attached hydrogens (tertiary/aromatic N) is 2. The molecule has 20 heteroatoms. The maximum absolute atomic E-state index is 12.4. The predicted octanol–water partition coefficient (Wildman–Crippen LogP) is -0.504. The fourth-order valence-corrected chi connectivity index (χ4v) is 6.60. The van der Waals surface area contributed by atoms with Crippen LogP contribution in [0.15, 0.2) is 24.3 Å². The maximum atomic E-state index is 12.4. The molecular weight excluding hydrogens is 744 g/mol. The molecular formula is C30H54FeN3O14P2+. The number of hydrogen-bond acceptors (Lipinski definition) is 12. The summed E-state index contributed by atoms with van der Waals surface area (Å²) in [6, 6.07) is 1.12. The summed E-state index contributed by atoms with van der Waals surface area (Å²) >= 11 is 0. The number of phenolic OH excluding ortho intramolecular Hbond substituents is 2. The fraction of sp³-hybridized carbons (Fsp3) is 0.600. The Hall–Kier alpha value is -1.82. The van der Waals surface area contributed by atoms with E-state index in [4.69, 9.17) is 0 Å². The Kier molecular flexibility index (Phi) is 20.9. The second kappa shape index (κ2) is 21.6. The molecule has 0 radical (unpaired) electrons. The number of aliphatic hydroxyl groups is 4. The van der Waals surface area contributed by atoms with Gasteiger partial charge in [-0.1, -0.05) is 0 Å². The van der Waals surface area contributed by atoms with Crippen LogP contribution in [-0.4, -0.2) is 127 Å². The first-order valence-electron chi connectivity index (χ1n) is 15.7. The van der Waals surface area contributed by atoms with Crippen LogP contribution in [0.2, 0.25) is 0 Å². The Morgan fingerprint density at radius 2 is 0.880 bits per heavy atom. The van der Waals surface area contributed by atoms with Crippen molar-refractivity contribution in [2.24, 2.45) is 0 Å². The smallest absolute Gasteiger partial charge is 0.342 e. The number of aliphatic hydroxyl groups excluding tert-OH is 4. The van der Waals surface area contributed by atoms with Crippen LogP contribution in [0.3, 0.4) is 0 Å². The van der Waals surface area contributed by atoms with Crippen LogP contribution in [0, 0.1) is 0 Å². The molecule has 50 heavy (non-hydrogen) atoms. The molecule has 0 spiro atoms. The molecule has 0 bridgehead atoms. The topological polar surface area (TPSA) is 288 Å². The summed E-state index contributed by atoms with van der Waals surface area (Å²) in [4.78, 5) is 43.8. The first kappa shape index (κ1) is 48.2. The van der Waals surface area contributed by atoms with Crippen molar-refractivity contribution in [3.8, 4) is 23.0 Å². The number of rotatable bonds is 18. The van der Waals surface area contributed by atoms with Gasteiger partial charge in [-0.3, -0.25) is 18.9 Å². The van der Waals surface area contributed by atoms with Gasteiger partial charge in [0.1, 0.15) is 34.6 Å². The third kappa shape index (κ3) is 13.3. The van der Waals surface area contributed by atoms with E-state index in [-0.39, 0.29) is 39.3 Å².